The first kappa shape index (κ1) is 5.76. The Bertz CT molecular complexity index is 124. The molecule has 3 aliphatic rings. The number of hydrogen-bond donors (Lipinski definition) is 0. The lowest BCUT2D eigenvalue weighted by atomic mass is 9.60. The number of fused-ring (bicyclic) bond motifs is 1. The van der Waals surface area contributed by atoms with Gasteiger partial charge in [0.15, 0.2) is 0 Å². The minimum atomic E-state index is 0.838. The molecule has 3 rings (SSSR count). The third-order valence-electron chi connectivity index (χ3n) is 4.06. The Balaban J connectivity index is 2.15. The van der Waals surface area contributed by atoms with E-state index in [0.29, 0.717) is 0 Å². The first-order chi connectivity index (χ1) is 4.28. The summed E-state index contributed by atoms with van der Waals surface area (Å²) >= 11 is 0. The van der Waals surface area contributed by atoms with Crippen molar-refractivity contribution < 1.29 is 0 Å². The second-order valence-corrected chi connectivity index (χ2v) is 4.01. The van der Waals surface area contributed by atoms with Crippen molar-refractivity contribution in [3.05, 3.63) is 0 Å². The predicted octanol–water partition coefficient (Wildman–Crippen LogP) is 2.83. The molecular weight excluding hydrogens is 108 g/mol. The van der Waals surface area contributed by atoms with E-state index in [1.165, 1.54) is 19.3 Å². The van der Waals surface area contributed by atoms with Gasteiger partial charge in [0.25, 0.3) is 0 Å². The smallest absolute Gasteiger partial charge is 0.0269 e. The van der Waals surface area contributed by atoms with Crippen molar-refractivity contribution in [1.29, 1.82) is 0 Å². The van der Waals surface area contributed by atoms with E-state index in [9.17, 15) is 0 Å². The van der Waals surface area contributed by atoms with Gasteiger partial charge in [-0.3, -0.25) is 0 Å². The molecule has 52 valence electrons. The summed E-state index contributed by atoms with van der Waals surface area (Å²) in [4.78, 5) is 0. The molecule has 0 heterocycles. The summed E-state index contributed by atoms with van der Waals surface area (Å²) in [6.07, 6.45) is 6.07. The molecule has 0 spiro atoms. The van der Waals surface area contributed by atoms with Crippen LogP contribution in [0.4, 0.5) is 0 Å². The molecule has 3 fully saturated rings. The SMILES string of the molecule is CCC12CCC(C1)C2C. The van der Waals surface area contributed by atoms with Crippen molar-refractivity contribution in [1.82, 2.24) is 0 Å². The predicted molar refractivity (Wildman–Crippen MR) is 39.2 cm³/mol. The van der Waals surface area contributed by atoms with E-state index in [2.05, 4.69) is 13.8 Å². The van der Waals surface area contributed by atoms with Crippen molar-refractivity contribution >= 4 is 0 Å². The lowest BCUT2D eigenvalue weighted by Crippen LogP contribution is -2.37. The monoisotopic (exact) mass is 124 g/mol. The van der Waals surface area contributed by atoms with E-state index in [4.69, 9.17) is 0 Å². The second kappa shape index (κ2) is 1.53. The van der Waals surface area contributed by atoms with Gasteiger partial charge in [-0.2, -0.15) is 0 Å². The van der Waals surface area contributed by atoms with E-state index in [1.807, 2.05) is 0 Å². The maximum Gasteiger partial charge on any atom is -0.0269 e. The minimum absolute atomic E-state index is 0.838. The molecule has 0 aromatic rings. The van der Waals surface area contributed by atoms with Gasteiger partial charge >= 0.3 is 0 Å². The fraction of sp³-hybridized carbons (Fsp3) is 1.00. The van der Waals surface area contributed by atoms with Gasteiger partial charge in [0.2, 0.25) is 0 Å². The van der Waals surface area contributed by atoms with Gasteiger partial charge in [-0.15, -0.1) is 0 Å². The average Bonchev–Trinajstić information content (AvgIpc) is 2.41. The van der Waals surface area contributed by atoms with Crippen LogP contribution in [0.15, 0.2) is 0 Å². The van der Waals surface area contributed by atoms with Gasteiger partial charge < -0.3 is 0 Å². The topological polar surface area (TPSA) is 0 Å². The molecule has 0 N–H and O–H groups in total. The molecule has 9 heavy (non-hydrogen) atoms. The zero-order chi connectivity index (χ0) is 6.48. The molecule has 0 aromatic carbocycles. The van der Waals surface area contributed by atoms with Gasteiger partial charge in [0.05, 0.1) is 0 Å². The first-order valence-corrected chi connectivity index (χ1v) is 4.28. The fourth-order valence-corrected chi connectivity index (χ4v) is 3.02. The Morgan fingerprint density at radius 1 is 1.56 bits per heavy atom. The zero-order valence-corrected chi connectivity index (χ0v) is 6.48. The standard InChI is InChI=1S/C9H16/c1-3-9-5-4-8(6-9)7(9)2/h7-8H,3-6H2,1-2H3. The molecule has 3 aliphatic carbocycles. The quantitative estimate of drug-likeness (QED) is 0.504. The molecule has 0 aromatic heterocycles. The summed E-state index contributed by atoms with van der Waals surface area (Å²) in [6, 6.07) is 0. The molecule has 0 radical (unpaired) electrons. The first-order valence-electron chi connectivity index (χ1n) is 4.28. The molecule has 0 heteroatoms. The summed E-state index contributed by atoms with van der Waals surface area (Å²) in [5, 5.41) is 0. The molecule has 2 bridgehead atoms. The average molecular weight is 124 g/mol. The Hall–Kier alpha value is 0. The van der Waals surface area contributed by atoms with Crippen LogP contribution in [0.25, 0.3) is 0 Å². The van der Waals surface area contributed by atoms with Crippen LogP contribution < -0.4 is 0 Å². The summed E-state index contributed by atoms with van der Waals surface area (Å²) in [7, 11) is 0. The van der Waals surface area contributed by atoms with E-state index < -0.39 is 0 Å². The van der Waals surface area contributed by atoms with Crippen LogP contribution in [0, 0.1) is 17.3 Å². The number of hydrogen-bond acceptors (Lipinski definition) is 0. The van der Waals surface area contributed by atoms with Crippen LogP contribution in [0.2, 0.25) is 0 Å². The van der Waals surface area contributed by atoms with Crippen molar-refractivity contribution in [3.63, 3.8) is 0 Å². The minimum Gasteiger partial charge on any atom is -0.0648 e. The summed E-state index contributed by atoms with van der Waals surface area (Å²) < 4.78 is 0. The highest BCUT2D eigenvalue weighted by atomic mass is 14.6. The summed E-state index contributed by atoms with van der Waals surface area (Å²) in [5.74, 6) is 2.20. The number of rotatable bonds is 1. The van der Waals surface area contributed by atoms with Crippen molar-refractivity contribution in [3.8, 4) is 0 Å². The fourth-order valence-electron chi connectivity index (χ4n) is 3.02. The van der Waals surface area contributed by atoms with Gasteiger partial charge in [0.1, 0.15) is 0 Å². The van der Waals surface area contributed by atoms with Gasteiger partial charge in [0, 0.05) is 0 Å². The van der Waals surface area contributed by atoms with Crippen LogP contribution in [0.3, 0.4) is 0 Å². The summed E-state index contributed by atoms with van der Waals surface area (Å²) in [6.45, 7) is 4.81. The van der Waals surface area contributed by atoms with E-state index in [1.54, 1.807) is 6.42 Å². The van der Waals surface area contributed by atoms with E-state index in [-0.39, 0.29) is 0 Å². The molecule has 3 unspecified atom stereocenters. The van der Waals surface area contributed by atoms with Crippen molar-refractivity contribution in [2.24, 2.45) is 17.3 Å². The highest BCUT2D eigenvalue weighted by molar-refractivity contribution is 5.04. The Morgan fingerprint density at radius 2 is 2.33 bits per heavy atom. The maximum absolute atomic E-state index is 2.45. The maximum atomic E-state index is 2.45. The van der Waals surface area contributed by atoms with Gasteiger partial charge in [-0.1, -0.05) is 20.3 Å². The van der Waals surface area contributed by atoms with Crippen LogP contribution in [0.1, 0.15) is 39.5 Å². The lowest BCUT2D eigenvalue weighted by Gasteiger charge is -2.45. The van der Waals surface area contributed by atoms with Crippen molar-refractivity contribution in [2.45, 2.75) is 39.5 Å². The third-order valence-corrected chi connectivity index (χ3v) is 4.06. The van der Waals surface area contributed by atoms with E-state index in [0.717, 1.165) is 17.3 Å². The molecule has 0 amide bonds. The Kier molecular flexibility index (Phi) is 0.980. The second-order valence-electron chi connectivity index (χ2n) is 4.01. The third kappa shape index (κ3) is 0.500. The molecule has 3 atom stereocenters. The largest absolute Gasteiger partial charge is 0.0648 e. The molecule has 0 aliphatic heterocycles. The van der Waals surface area contributed by atoms with Crippen LogP contribution in [-0.2, 0) is 0 Å². The van der Waals surface area contributed by atoms with E-state index >= 15 is 0 Å². The van der Waals surface area contributed by atoms with Crippen LogP contribution in [0.5, 0.6) is 0 Å². The van der Waals surface area contributed by atoms with Gasteiger partial charge in [-0.25, -0.2) is 0 Å². The Morgan fingerprint density at radius 3 is 2.56 bits per heavy atom. The van der Waals surface area contributed by atoms with Crippen molar-refractivity contribution in [2.75, 3.05) is 0 Å². The molecular formula is C9H16. The molecule has 0 nitrogen and oxygen atoms in total. The normalized spacial score (nSPS) is 55.3. The van der Waals surface area contributed by atoms with Crippen LogP contribution in [-0.4, -0.2) is 0 Å². The molecule has 3 saturated carbocycles. The highest BCUT2D eigenvalue weighted by Crippen LogP contribution is 2.64. The van der Waals surface area contributed by atoms with Crippen LogP contribution >= 0.6 is 0 Å². The van der Waals surface area contributed by atoms with Gasteiger partial charge in [-0.05, 0) is 36.5 Å². The lowest BCUT2D eigenvalue weighted by molar-refractivity contribution is 0.0425. The highest BCUT2D eigenvalue weighted by Gasteiger charge is 2.54. The summed E-state index contributed by atoms with van der Waals surface area (Å²) in [5.41, 5.74) is 0.838. The zero-order valence-electron chi connectivity index (χ0n) is 6.48. The Labute approximate surface area is 57.6 Å². The molecule has 0 saturated heterocycles.